The summed E-state index contributed by atoms with van der Waals surface area (Å²) in [6.45, 7) is 7.45. The van der Waals surface area contributed by atoms with Crippen LogP contribution in [0.15, 0.2) is 36.4 Å². The standard InChI is InChI=1S/C16H17FO2/c1-4-12-5-6-14(17)13(9-12)15(18)19-16(3)8-7-11(2)10-16/h4-6,9-10H,1,7-8H2,2-3H3. The van der Waals surface area contributed by atoms with Crippen molar-refractivity contribution >= 4 is 12.0 Å². The number of carbonyl (C=O) groups excluding carboxylic acids is 1. The number of allylic oxidation sites excluding steroid dienone is 1. The maximum Gasteiger partial charge on any atom is 0.342 e. The number of carbonyl (C=O) groups is 1. The molecule has 0 amide bonds. The lowest BCUT2D eigenvalue weighted by Gasteiger charge is -2.22. The molecule has 0 heterocycles. The normalized spacial score (nSPS) is 21.9. The second kappa shape index (κ2) is 5.00. The topological polar surface area (TPSA) is 26.3 Å². The van der Waals surface area contributed by atoms with Crippen molar-refractivity contribution < 1.29 is 13.9 Å². The van der Waals surface area contributed by atoms with Crippen LogP contribution in [0.5, 0.6) is 0 Å². The Kier molecular flexibility index (Phi) is 3.56. The molecule has 0 saturated heterocycles. The lowest BCUT2D eigenvalue weighted by Crippen LogP contribution is -2.27. The maximum atomic E-state index is 13.7. The first kappa shape index (κ1) is 13.5. The van der Waals surface area contributed by atoms with Gasteiger partial charge in [-0.1, -0.05) is 24.3 Å². The molecule has 0 N–H and O–H groups in total. The van der Waals surface area contributed by atoms with Gasteiger partial charge in [-0.2, -0.15) is 0 Å². The third-order valence-electron chi connectivity index (χ3n) is 3.34. The molecule has 1 aliphatic rings. The van der Waals surface area contributed by atoms with E-state index in [1.807, 2.05) is 19.9 Å². The van der Waals surface area contributed by atoms with Crippen LogP contribution in [0, 0.1) is 5.82 Å². The van der Waals surface area contributed by atoms with Crippen molar-refractivity contribution in [2.75, 3.05) is 0 Å². The summed E-state index contributed by atoms with van der Waals surface area (Å²) in [5.74, 6) is -1.20. The molecule has 2 nitrogen and oxygen atoms in total. The molecular formula is C16H17FO2. The molecule has 0 spiro atoms. The molecule has 0 saturated carbocycles. The molecule has 0 aliphatic heterocycles. The van der Waals surface area contributed by atoms with Gasteiger partial charge in [0.05, 0.1) is 5.56 Å². The van der Waals surface area contributed by atoms with Crippen molar-refractivity contribution in [1.29, 1.82) is 0 Å². The molecule has 1 aliphatic carbocycles. The van der Waals surface area contributed by atoms with E-state index in [-0.39, 0.29) is 5.56 Å². The number of esters is 1. The lowest BCUT2D eigenvalue weighted by atomic mass is 10.1. The van der Waals surface area contributed by atoms with Crippen LogP contribution >= 0.6 is 0 Å². The molecule has 0 radical (unpaired) electrons. The van der Waals surface area contributed by atoms with Crippen LogP contribution in [0.1, 0.15) is 42.6 Å². The highest BCUT2D eigenvalue weighted by molar-refractivity contribution is 5.90. The zero-order valence-electron chi connectivity index (χ0n) is 11.2. The van der Waals surface area contributed by atoms with E-state index in [9.17, 15) is 9.18 Å². The van der Waals surface area contributed by atoms with Gasteiger partial charge in [0, 0.05) is 0 Å². The van der Waals surface area contributed by atoms with Gasteiger partial charge < -0.3 is 4.74 Å². The Morgan fingerprint density at radius 1 is 1.53 bits per heavy atom. The third-order valence-corrected chi connectivity index (χ3v) is 3.34. The highest BCUT2D eigenvalue weighted by atomic mass is 19.1. The highest BCUT2D eigenvalue weighted by Gasteiger charge is 2.31. The number of hydrogen-bond donors (Lipinski definition) is 0. The van der Waals surface area contributed by atoms with Crippen LogP contribution < -0.4 is 0 Å². The predicted molar refractivity (Wildman–Crippen MR) is 73.3 cm³/mol. The number of rotatable bonds is 3. The number of benzene rings is 1. The summed E-state index contributed by atoms with van der Waals surface area (Å²) in [6, 6.07) is 4.28. The van der Waals surface area contributed by atoms with E-state index in [0.717, 1.165) is 12.8 Å². The van der Waals surface area contributed by atoms with Crippen molar-refractivity contribution in [3.63, 3.8) is 0 Å². The Hall–Kier alpha value is -1.90. The molecule has 0 aromatic heterocycles. The monoisotopic (exact) mass is 260 g/mol. The Balaban J connectivity index is 2.23. The van der Waals surface area contributed by atoms with E-state index in [4.69, 9.17) is 4.74 Å². The van der Waals surface area contributed by atoms with Gasteiger partial charge >= 0.3 is 5.97 Å². The second-order valence-electron chi connectivity index (χ2n) is 5.14. The minimum atomic E-state index is -0.630. The fourth-order valence-corrected chi connectivity index (χ4v) is 2.28. The second-order valence-corrected chi connectivity index (χ2v) is 5.14. The molecule has 19 heavy (non-hydrogen) atoms. The number of hydrogen-bond acceptors (Lipinski definition) is 2. The van der Waals surface area contributed by atoms with E-state index in [2.05, 4.69) is 6.58 Å². The quantitative estimate of drug-likeness (QED) is 0.603. The zero-order valence-corrected chi connectivity index (χ0v) is 11.2. The lowest BCUT2D eigenvalue weighted by molar-refractivity contribution is 0.0105. The van der Waals surface area contributed by atoms with Crippen molar-refractivity contribution in [3.05, 3.63) is 53.4 Å². The molecule has 0 fully saturated rings. The number of halogens is 1. The molecule has 1 atom stereocenters. The fourth-order valence-electron chi connectivity index (χ4n) is 2.28. The Labute approximate surface area is 112 Å². The van der Waals surface area contributed by atoms with Crippen molar-refractivity contribution in [3.8, 4) is 0 Å². The first-order valence-corrected chi connectivity index (χ1v) is 6.27. The Morgan fingerprint density at radius 2 is 2.26 bits per heavy atom. The van der Waals surface area contributed by atoms with Crippen LogP contribution in [-0.2, 0) is 4.74 Å². The molecular weight excluding hydrogens is 243 g/mol. The van der Waals surface area contributed by atoms with Crippen LogP contribution in [0.4, 0.5) is 4.39 Å². The van der Waals surface area contributed by atoms with Gasteiger partial charge in [0.15, 0.2) is 0 Å². The Morgan fingerprint density at radius 3 is 2.84 bits per heavy atom. The van der Waals surface area contributed by atoms with Gasteiger partial charge in [0.25, 0.3) is 0 Å². The van der Waals surface area contributed by atoms with Crippen LogP contribution in [0.3, 0.4) is 0 Å². The fraction of sp³-hybridized carbons (Fsp3) is 0.312. The van der Waals surface area contributed by atoms with Crippen molar-refractivity contribution in [2.45, 2.75) is 32.3 Å². The average molecular weight is 260 g/mol. The molecule has 100 valence electrons. The first-order chi connectivity index (χ1) is 8.93. The van der Waals surface area contributed by atoms with Crippen LogP contribution in [-0.4, -0.2) is 11.6 Å². The molecule has 2 rings (SSSR count). The van der Waals surface area contributed by atoms with E-state index in [0.29, 0.717) is 5.56 Å². The summed E-state index contributed by atoms with van der Waals surface area (Å²) in [5, 5.41) is 0. The summed E-state index contributed by atoms with van der Waals surface area (Å²) in [7, 11) is 0. The van der Waals surface area contributed by atoms with Gasteiger partial charge in [-0.15, -0.1) is 0 Å². The zero-order chi connectivity index (χ0) is 14.0. The molecule has 0 bridgehead atoms. The average Bonchev–Trinajstić information content (AvgIpc) is 2.69. The molecule has 1 unspecified atom stereocenters. The van der Waals surface area contributed by atoms with E-state index >= 15 is 0 Å². The SMILES string of the molecule is C=Cc1ccc(F)c(C(=O)OC2(C)C=C(C)CC2)c1. The van der Waals surface area contributed by atoms with Crippen molar-refractivity contribution in [1.82, 2.24) is 0 Å². The van der Waals surface area contributed by atoms with Crippen LogP contribution in [0.2, 0.25) is 0 Å². The smallest absolute Gasteiger partial charge is 0.342 e. The third kappa shape index (κ3) is 2.92. The van der Waals surface area contributed by atoms with Gasteiger partial charge in [-0.05, 0) is 50.5 Å². The summed E-state index contributed by atoms with van der Waals surface area (Å²) in [5.41, 5.74) is 1.21. The van der Waals surface area contributed by atoms with E-state index in [1.165, 1.54) is 17.7 Å². The summed E-state index contributed by atoms with van der Waals surface area (Å²) in [6.07, 6.45) is 5.14. The number of ether oxygens (including phenoxy) is 1. The first-order valence-electron chi connectivity index (χ1n) is 6.27. The molecule has 3 heteroatoms. The van der Waals surface area contributed by atoms with Gasteiger partial charge in [-0.25, -0.2) is 9.18 Å². The summed E-state index contributed by atoms with van der Waals surface area (Å²) < 4.78 is 19.1. The van der Waals surface area contributed by atoms with Gasteiger partial charge in [0.2, 0.25) is 0 Å². The van der Waals surface area contributed by atoms with Crippen LogP contribution in [0.25, 0.3) is 6.08 Å². The van der Waals surface area contributed by atoms with Gasteiger partial charge in [-0.3, -0.25) is 0 Å². The highest BCUT2D eigenvalue weighted by Crippen LogP contribution is 2.31. The predicted octanol–water partition coefficient (Wildman–Crippen LogP) is 4.12. The Bertz CT molecular complexity index is 560. The van der Waals surface area contributed by atoms with E-state index < -0.39 is 17.4 Å². The minimum Gasteiger partial charge on any atom is -0.451 e. The molecule has 1 aromatic carbocycles. The van der Waals surface area contributed by atoms with Crippen molar-refractivity contribution in [2.24, 2.45) is 0 Å². The summed E-state index contributed by atoms with van der Waals surface area (Å²) in [4.78, 5) is 12.1. The van der Waals surface area contributed by atoms with Gasteiger partial charge in [0.1, 0.15) is 11.4 Å². The summed E-state index contributed by atoms with van der Waals surface area (Å²) >= 11 is 0. The maximum absolute atomic E-state index is 13.7. The van der Waals surface area contributed by atoms with E-state index in [1.54, 1.807) is 12.1 Å². The largest absolute Gasteiger partial charge is 0.451 e. The minimum absolute atomic E-state index is 0.0448. The molecule has 1 aromatic rings.